The Hall–Kier alpha value is -1.94. The van der Waals surface area contributed by atoms with Crippen molar-refractivity contribution in [1.82, 2.24) is 4.98 Å². The van der Waals surface area contributed by atoms with Crippen molar-refractivity contribution in [3.63, 3.8) is 0 Å². The van der Waals surface area contributed by atoms with Gasteiger partial charge in [0.1, 0.15) is 4.99 Å². The number of pyridine rings is 1. The van der Waals surface area contributed by atoms with E-state index >= 15 is 0 Å². The molecule has 2 N–H and O–H groups in total. The zero-order valence-electron chi connectivity index (χ0n) is 11.8. The maximum absolute atomic E-state index is 5.84. The Morgan fingerprint density at radius 2 is 2.10 bits per heavy atom. The minimum Gasteiger partial charge on any atom is -0.389 e. The van der Waals surface area contributed by atoms with Crippen molar-refractivity contribution in [2.75, 3.05) is 11.4 Å². The fraction of sp³-hybridized carbons (Fsp3) is 0.250. The second kappa shape index (κ2) is 6.48. The van der Waals surface area contributed by atoms with E-state index in [2.05, 4.69) is 29.8 Å². The molecule has 0 atom stereocenters. The van der Waals surface area contributed by atoms with Gasteiger partial charge < -0.3 is 10.6 Å². The fourth-order valence-electron chi connectivity index (χ4n) is 2.17. The van der Waals surface area contributed by atoms with E-state index in [1.165, 1.54) is 5.56 Å². The zero-order chi connectivity index (χ0) is 14.5. The highest BCUT2D eigenvalue weighted by molar-refractivity contribution is 7.80. The molecule has 1 aromatic carbocycles. The molecule has 2 aromatic rings. The zero-order valence-corrected chi connectivity index (χ0v) is 12.7. The smallest absolute Gasteiger partial charge is 0.106 e. The summed E-state index contributed by atoms with van der Waals surface area (Å²) in [7, 11) is 0. The molecule has 0 saturated heterocycles. The van der Waals surface area contributed by atoms with Crippen molar-refractivity contribution in [3.8, 4) is 0 Å². The van der Waals surface area contributed by atoms with E-state index in [1.54, 1.807) is 0 Å². The second-order valence-corrected chi connectivity index (χ2v) is 5.16. The fourth-order valence-corrected chi connectivity index (χ4v) is 2.34. The van der Waals surface area contributed by atoms with Crippen LogP contribution in [0.15, 0.2) is 42.6 Å². The summed E-state index contributed by atoms with van der Waals surface area (Å²) >= 11 is 5.16. The van der Waals surface area contributed by atoms with Crippen LogP contribution in [0.1, 0.15) is 23.7 Å². The Morgan fingerprint density at radius 3 is 2.70 bits per heavy atom. The molecule has 1 heterocycles. The molecule has 0 radical (unpaired) electrons. The largest absolute Gasteiger partial charge is 0.389 e. The van der Waals surface area contributed by atoms with Crippen molar-refractivity contribution in [3.05, 3.63) is 59.4 Å². The van der Waals surface area contributed by atoms with Crippen LogP contribution in [0.25, 0.3) is 0 Å². The van der Waals surface area contributed by atoms with Crippen LogP contribution in [-0.2, 0) is 6.54 Å². The third-order valence-corrected chi connectivity index (χ3v) is 3.44. The van der Waals surface area contributed by atoms with Crippen LogP contribution in [0.2, 0.25) is 0 Å². The van der Waals surface area contributed by atoms with E-state index in [-0.39, 0.29) is 0 Å². The molecule has 20 heavy (non-hydrogen) atoms. The molecule has 2 rings (SSSR count). The van der Waals surface area contributed by atoms with E-state index in [4.69, 9.17) is 18.0 Å². The van der Waals surface area contributed by atoms with Crippen LogP contribution in [0, 0.1) is 6.92 Å². The topological polar surface area (TPSA) is 42.2 Å². The van der Waals surface area contributed by atoms with Crippen molar-refractivity contribution in [2.24, 2.45) is 5.73 Å². The molecule has 0 saturated carbocycles. The quantitative estimate of drug-likeness (QED) is 0.857. The highest BCUT2D eigenvalue weighted by Crippen LogP contribution is 2.23. The van der Waals surface area contributed by atoms with Gasteiger partial charge in [0, 0.05) is 24.0 Å². The first-order chi connectivity index (χ1) is 9.61. The summed E-state index contributed by atoms with van der Waals surface area (Å²) in [4.78, 5) is 7.05. The average Bonchev–Trinajstić information content (AvgIpc) is 2.45. The highest BCUT2D eigenvalue weighted by atomic mass is 32.1. The van der Waals surface area contributed by atoms with Crippen LogP contribution in [0.3, 0.4) is 0 Å². The Balaban J connectivity index is 2.36. The van der Waals surface area contributed by atoms with Gasteiger partial charge in [0.15, 0.2) is 0 Å². The summed E-state index contributed by atoms with van der Waals surface area (Å²) < 4.78 is 0. The van der Waals surface area contributed by atoms with E-state index in [1.807, 2.05) is 36.5 Å². The number of thiocarbonyl (C=S) groups is 1. The van der Waals surface area contributed by atoms with E-state index < -0.39 is 0 Å². The van der Waals surface area contributed by atoms with Crippen molar-refractivity contribution >= 4 is 22.9 Å². The Morgan fingerprint density at radius 1 is 1.30 bits per heavy atom. The molecule has 0 aliphatic heterocycles. The van der Waals surface area contributed by atoms with Gasteiger partial charge >= 0.3 is 0 Å². The normalized spacial score (nSPS) is 10.3. The predicted molar refractivity (Wildman–Crippen MR) is 88.0 cm³/mol. The SMILES string of the molecule is CCN(Cc1ccccn1)c1cc(C)ccc1C(N)=S. The monoisotopic (exact) mass is 285 g/mol. The number of rotatable bonds is 5. The Labute approximate surface area is 125 Å². The second-order valence-electron chi connectivity index (χ2n) is 4.72. The van der Waals surface area contributed by atoms with Crippen LogP contribution < -0.4 is 10.6 Å². The lowest BCUT2D eigenvalue weighted by Crippen LogP contribution is -2.26. The van der Waals surface area contributed by atoms with Gasteiger partial charge in [-0.3, -0.25) is 4.98 Å². The molecule has 0 aliphatic carbocycles. The number of hydrogen-bond donors (Lipinski definition) is 1. The summed E-state index contributed by atoms with van der Waals surface area (Å²) in [5.74, 6) is 0. The van der Waals surface area contributed by atoms with Gasteiger partial charge in [-0.05, 0) is 43.7 Å². The first-order valence-electron chi connectivity index (χ1n) is 6.67. The molecule has 0 bridgehead atoms. The van der Waals surface area contributed by atoms with E-state index in [9.17, 15) is 0 Å². The van der Waals surface area contributed by atoms with Crippen molar-refractivity contribution in [1.29, 1.82) is 0 Å². The van der Waals surface area contributed by atoms with Gasteiger partial charge in [0.25, 0.3) is 0 Å². The van der Waals surface area contributed by atoms with Gasteiger partial charge in [-0.25, -0.2) is 0 Å². The van der Waals surface area contributed by atoms with Gasteiger partial charge in [-0.15, -0.1) is 0 Å². The molecule has 0 unspecified atom stereocenters. The molecule has 4 heteroatoms. The summed E-state index contributed by atoms with van der Waals surface area (Å²) in [5.41, 5.74) is 10.1. The van der Waals surface area contributed by atoms with Crippen LogP contribution in [0.5, 0.6) is 0 Å². The molecular weight excluding hydrogens is 266 g/mol. The maximum Gasteiger partial charge on any atom is 0.106 e. The molecule has 0 fully saturated rings. The molecule has 0 spiro atoms. The van der Waals surface area contributed by atoms with E-state index in [0.717, 1.165) is 30.0 Å². The average molecular weight is 285 g/mol. The minimum atomic E-state index is 0.430. The number of anilines is 1. The Bertz CT molecular complexity index is 596. The number of aryl methyl sites for hydroxylation is 1. The first kappa shape index (κ1) is 14.5. The number of aromatic nitrogens is 1. The van der Waals surface area contributed by atoms with Crippen molar-refractivity contribution < 1.29 is 0 Å². The molecule has 1 aromatic heterocycles. The molecule has 0 aliphatic rings. The number of benzene rings is 1. The third-order valence-electron chi connectivity index (χ3n) is 3.22. The van der Waals surface area contributed by atoms with Crippen LogP contribution in [0.4, 0.5) is 5.69 Å². The predicted octanol–water partition coefficient (Wildman–Crippen LogP) is 3.05. The molecular formula is C16H19N3S. The summed E-state index contributed by atoms with van der Waals surface area (Å²) in [6.45, 7) is 5.81. The summed E-state index contributed by atoms with van der Waals surface area (Å²) in [6, 6.07) is 12.1. The van der Waals surface area contributed by atoms with Crippen LogP contribution >= 0.6 is 12.2 Å². The lowest BCUT2D eigenvalue weighted by atomic mass is 10.1. The van der Waals surface area contributed by atoms with Gasteiger partial charge in [0.2, 0.25) is 0 Å². The standard InChI is InChI=1S/C16H19N3S/c1-3-19(11-13-6-4-5-9-18-13)15-10-12(2)7-8-14(15)16(17)20/h4-10H,3,11H2,1-2H3,(H2,17,20). The lowest BCUT2D eigenvalue weighted by Gasteiger charge is -2.25. The summed E-state index contributed by atoms with van der Waals surface area (Å²) in [5, 5.41) is 0. The number of hydrogen-bond acceptors (Lipinski definition) is 3. The highest BCUT2D eigenvalue weighted by Gasteiger charge is 2.12. The Kier molecular flexibility index (Phi) is 4.69. The van der Waals surface area contributed by atoms with Gasteiger partial charge in [-0.2, -0.15) is 0 Å². The molecule has 0 amide bonds. The number of nitrogens with two attached hydrogens (primary N) is 1. The minimum absolute atomic E-state index is 0.430. The molecule has 104 valence electrons. The van der Waals surface area contributed by atoms with Gasteiger partial charge in [-0.1, -0.05) is 24.4 Å². The summed E-state index contributed by atoms with van der Waals surface area (Å²) in [6.07, 6.45) is 1.81. The van der Waals surface area contributed by atoms with Gasteiger partial charge in [0.05, 0.1) is 12.2 Å². The number of nitrogens with zero attached hydrogens (tertiary/aromatic N) is 2. The first-order valence-corrected chi connectivity index (χ1v) is 7.08. The third kappa shape index (κ3) is 3.33. The van der Waals surface area contributed by atoms with E-state index in [0.29, 0.717) is 4.99 Å². The van der Waals surface area contributed by atoms with Crippen LogP contribution in [-0.4, -0.2) is 16.5 Å². The maximum atomic E-state index is 5.84. The lowest BCUT2D eigenvalue weighted by molar-refractivity contribution is 0.808. The van der Waals surface area contributed by atoms with Crippen molar-refractivity contribution in [2.45, 2.75) is 20.4 Å². The molecule has 3 nitrogen and oxygen atoms in total.